The number of aromatic nitrogens is 1. The molecule has 0 fully saturated rings. The molecule has 0 amide bonds. The third-order valence-corrected chi connectivity index (χ3v) is 3.96. The van der Waals surface area contributed by atoms with Crippen LogP contribution in [0.4, 0.5) is 17.1 Å². The van der Waals surface area contributed by atoms with Gasteiger partial charge < -0.3 is 10.6 Å². The second-order valence-corrected chi connectivity index (χ2v) is 5.61. The first-order valence-electron chi connectivity index (χ1n) is 6.91. The van der Waals surface area contributed by atoms with Crippen LogP contribution in [0.3, 0.4) is 0 Å². The molecule has 1 aromatic heterocycles. The Kier molecular flexibility index (Phi) is 4.06. The monoisotopic (exact) mass is 341 g/mol. The minimum Gasteiger partial charge on any atom is -0.384 e. The standard InChI is InChI=1S/C17H16BrN3/c1-2-20-12-9-13(11-19-10-12)21-17-8-7-16(18)14-5-3-4-6-15(14)17/h3-11,20-21H,2H2,1H3. The zero-order chi connectivity index (χ0) is 14.7. The van der Waals surface area contributed by atoms with Crippen molar-refractivity contribution in [2.75, 3.05) is 17.2 Å². The molecule has 2 aromatic carbocycles. The van der Waals surface area contributed by atoms with Crippen LogP contribution in [0, 0.1) is 0 Å². The molecule has 0 aliphatic heterocycles. The molecular weight excluding hydrogens is 326 g/mol. The van der Waals surface area contributed by atoms with E-state index in [9.17, 15) is 0 Å². The summed E-state index contributed by atoms with van der Waals surface area (Å²) in [5.41, 5.74) is 3.06. The van der Waals surface area contributed by atoms with Crippen molar-refractivity contribution in [1.82, 2.24) is 4.98 Å². The van der Waals surface area contributed by atoms with Gasteiger partial charge in [0.2, 0.25) is 0 Å². The van der Waals surface area contributed by atoms with E-state index in [1.807, 2.05) is 24.5 Å². The van der Waals surface area contributed by atoms with Crippen LogP contribution >= 0.6 is 15.9 Å². The molecule has 21 heavy (non-hydrogen) atoms. The molecule has 3 rings (SSSR count). The highest BCUT2D eigenvalue weighted by Crippen LogP contribution is 2.31. The molecule has 0 saturated heterocycles. The van der Waals surface area contributed by atoms with Crippen LogP contribution in [0.2, 0.25) is 0 Å². The normalized spacial score (nSPS) is 10.6. The number of halogens is 1. The summed E-state index contributed by atoms with van der Waals surface area (Å²) in [5, 5.41) is 9.09. The van der Waals surface area contributed by atoms with Gasteiger partial charge in [-0.1, -0.05) is 40.2 Å². The second kappa shape index (κ2) is 6.14. The fourth-order valence-electron chi connectivity index (χ4n) is 2.34. The Bertz CT molecular complexity index is 771. The van der Waals surface area contributed by atoms with Crippen LogP contribution in [0.1, 0.15) is 6.92 Å². The first kappa shape index (κ1) is 13.9. The Morgan fingerprint density at radius 3 is 2.57 bits per heavy atom. The van der Waals surface area contributed by atoms with Gasteiger partial charge in [-0.15, -0.1) is 0 Å². The Morgan fingerprint density at radius 2 is 1.76 bits per heavy atom. The highest BCUT2D eigenvalue weighted by Gasteiger charge is 2.05. The van der Waals surface area contributed by atoms with Crippen LogP contribution in [0.25, 0.3) is 10.8 Å². The van der Waals surface area contributed by atoms with Crippen molar-refractivity contribution in [3.63, 3.8) is 0 Å². The van der Waals surface area contributed by atoms with Gasteiger partial charge >= 0.3 is 0 Å². The van der Waals surface area contributed by atoms with Crippen molar-refractivity contribution in [3.8, 4) is 0 Å². The van der Waals surface area contributed by atoms with E-state index in [4.69, 9.17) is 0 Å². The summed E-state index contributed by atoms with van der Waals surface area (Å²) in [5.74, 6) is 0. The van der Waals surface area contributed by atoms with E-state index in [1.54, 1.807) is 0 Å². The first-order valence-corrected chi connectivity index (χ1v) is 7.70. The smallest absolute Gasteiger partial charge is 0.0591 e. The summed E-state index contributed by atoms with van der Waals surface area (Å²) >= 11 is 3.60. The minimum absolute atomic E-state index is 0.881. The molecule has 0 aliphatic rings. The maximum Gasteiger partial charge on any atom is 0.0591 e. The number of benzene rings is 2. The summed E-state index contributed by atoms with van der Waals surface area (Å²) < 4.78 is 1.10. The van der Waals surface area contributed by atoms with Crippen molar-refractivity contribution >= 4 is 43.8 Å². The SMILES string of the molecule is CCNc1cncc(Nc2ccc(Br)c3ccccc23)c1. The van der Waals surface area contributed by atoms with Crippen LogP contribution in [-0.4, -0.2) is 11.5 Å². The van der Waals surface area contributed by atoms with Crippen LogP contribution in [-0.2, 0) is 0 Å². The van der Waals surface area contributed by atoms with E-state index in [1.165, 1.54) is 10.8 Å². The largest absolute Gasteiger partial charge is 0.384 e. The van der Waals surface area contributed by atoms with Gasteiger partial charge in [-0.3, -0.25) is 4.98 Å². The third-order valence-electron chi connectivity index (χ3n) is 3.27. The summed E-state index contributed by atoms with van der Waals surface area (Å²) in [7, 11) is 0. The number of nitrogens with zero attached hydrogens (tertiary/aromatic N) is 1. The summed E-state index contributed by atoms with van der Waals surface area (Å²) in [4.78, 5) is 4.26. The predicted octanol–water partition coefficient (Wildman–Crippen LogP) is 5.17. The molecule has 0 spiro atoms. The van der Waals surface area contributed by atoms with Gasteiger partial charge in [0.05, 0.1) is 23.8 Å². The number of rotatable bonds is 4. The van der Waals surface area contributed by atoms with Crippen molar-refractivity contribution in [3.05, 3.63) is 59.3 Å². The fourth-order valence-corrected chi connectivity index (χ4v) is 2.81. The van der Waals surface area contributed by atoms with E-state index in [0.29, 0.717) is 0 Å². The van der Waals surface area contributed by atoms with Crippen LogP contribution in [0.5, 0.6) is 0 Å². The van der Waals surface area contributed by atoms with Crippen molar-refractivity contribution < 1.29 is 0 Å². The van der Waals surface area contributed by atoms with Crippen molar-refractivity contribution in [2.24, 2.45) is 0 Å². The van der Waals surface area contributed by atoms with Gasteiger partial charge in [0.1, 0.15) is 0 Å². The molecule has 1 heterocycles. The minimum atomic E-state index is 0.881. The summed E-state index contributed by atoms with van der Waals surface area (Å²) in [6.07, 6.45) is 3.66. The molecule has 0 unspecified atom stereocenters. The molecule has 3 aromatic rings. The van der Waals surface area contributed by atoms with Gasteiger partial charge in [0.25, 0.3) is 0 Å². The van der Waals surface area contributed by atoms with Crippen LogP contribution in [0.15, 0.2) is 59.3 Å². The molecule has 0 bridgehead atoms. The van der Waals surface area contributed by atoms with Crippen molar-refractivity contribution in [2.45, 2.75) is 6.92 Å². The lowest BCUT2D eigenvalue weighted by atomic mass is 10.1. The number of nitrogens with one attached hydrogen (secondary N) is 2. The van der Waals surface area contributed by atoms with Gasteiger partial charge in [0.15, 0.2) is 0 Å². The molecule has 106 valence electrons. The van der Waals surface area contributed by atoms with Crippen molar-refractivity contribution in [1.29, 1.82) is 0 Å². The first-order chi connectivity index (χ1) is 10.3. The quantitative estimate of drug-likeness (QED) is 0.687. The fraction of sp³-hybridized carbons (Fsp3) is 0.118. The topological polar surface area (TPSA) is 37.0 Å². The Balaban J connectivity index is 1.98. The van der Waals surface area contributed by atoms with E-state index in [0.717, 1.165) is 28.1 Å². The number of hydrogen-bond donors (Lipinski definition) is 2. The Labute approximate surface area is 132 Å². The molecule has 3 nitrogen and oxygen atoms in total. The molecule has 0 atom stereocenters. The third kappa shape index (κ3) is 3.00. The highest BCUT2D eigenvalue weighted by molar-refractivity contribution is 9.10. The zero-order valence-electron chi connectivity index (χ0n) is 11.7. The van der Waals surface area contributed by atoms with E-state index >= 15 is 0 Å². The number of fused-ring (bicyclic) bond motifs is 1. The van der Waals surface area contributed by atoms with Gasteiger partial charge in [-0.2, -0.15) is 0 Å². The van der Waals surface area contributed by atoms with E-state index < -0.39 is 0 Å². The number of hydrogen-bond acceptors (Lipinski definition) is 3. The second-order valence-electron chi connectivity index (χ2n) is 4.76. The molecule has 0 radical (unpaired) electrons. The molecule has 0 aliphatic carbocycles. The molecule has 4 heteroatoms. The molecule has 0 saturated carbocycles. The van der Waals surface area contributed by atoms with Gasteiger partial charge in [-0.05, 0) is 30.5 Å². The summed E-state index contributed by atoms with van der Waals surface area (Å²) in [6, 6.07) is 14.5. The predicted molar refractivity (Wildman–Crippen MR) is 93.3 cm³/mol. The molecular formula is C17H16BrN3. The average Bonchev–Trinajstić information content (AvgIpc) is 2.51. The zero-order valence-corrected chi connectivity index (χ0v) is 13.3. The van der Waals surface area contributed by atoms with Gasteiger partial charge in [-0.25, -0.2) is 0 Å². The van der Waals surface area contributed by atoms with Gasteiger partial charge in [0, 0.05) is 22.1 Å². The number of anilines is 3. The Hall–Kier alpha value is -2.07. The maximum atomic E-state index is 4.26. The summed E-state index contributed by atoms with van der Waals surface area (Å²) in [6.45, 7) is 2.95. The Morgan fingerprint density at radius 1 is 1.00 bits per heavy atom. The number of pyridine rings is 1. The lowest BCUT2D eigenvalue weighted by Crippen LogP contribution is -1.99. The lowest BCUT2D eigenvalue weighted by Gasteiger charge is -2.12. The molecule has 2 N–H and O–H groups in total. The average molecular weight is 342 g/mol. The van der Waals surface area contributed by atoms with Crippen LogP contribution < -0.4 is 10.6 Å². The lowest BCUT2D eigenvalue weighted by molar-refractivity contribution is 1.19. The van der Waals surface area contributed by atoms with E-state index in [-0.39, 0.29) is 0 Å². The maximum absolute atomic E-state index is 4.26. The van der Waals surface area contributed by atoms with E-state index in [2.05, 4.69) is 68.8 Å². The highest BCUT2D eigenvalue weighted by atomic mass is 79.9.